The average molecular weight is 409 g/mol. The van der Waals surface area contributed by atoms with E-state index < -0.39 is 0 Å². The highest BCUT2D eigenvalue weighted by atomic mass is 127. The Bertz CT molecular complexity index is 678. The molecule has 3 heterocycles. The van der Waals surface area contributed by atoms with Crippen LogP contribution in [0.2, 0.25) is 0 Å². The van der Waals surface area contributed by atoms with Gasteiger partial charge in [0.25, 0.3) is 0 Å². The lowest BCUT2D eigenvalue weighted by Crippen LogP contribution is -2.46. The minimum Gasteiger partial charge on any atom is -0.365 e. The molecule has 1 fully saturated rings. The van der Waals surface area contributed by atoms with Crippen molar-refractivity contribution in [3.05, 3.63) is 51.1 Å². The minimum absolute atomic E-state index is 0.0341. The van der Waals surface area contributed by atoms with Crippen LogP contribution < -0.4 is 0 Å². The van der Waals surface area contributed by atoms with Gasteiger partial charge in [-0.1, -0.05) is 24.3 Å². The lowest BCUT2D eigenvalue weighted by atomic mass is 9.99. The van der Waals surface area contributed by atoms with Gasteiger partial charge in [0.05, 0.1) is 6.61 Å². The maximum Gasteiger partial charge on any atom is 0.143 e. The number of rotatable bonds is 3. The number of nitrogens with zero attached hydrogens (tertiary/aromatic N) is 3. The van der Waals surface area contributed by atoms with Crippen molar-refractivity contribution in [1.29, 1.82) is 0 Å². The first-order valence-electron chi connectivity index (χ1n) is 7.81. The van der Waals surface area contributed by atoms with Crippen LogP contribution in [0.15, 0.2) is 30.5 Å². The van der Waals surface area contributed by atoms with Gasteiger partial charge < -0.3 is 14.2 Å². The Morgan fingerprint density at radius 2 is 2.14 bits per heavy atom. The molecule has 2 aliphatic heterocycles. The van der Waals surface area contributed by atoms with Crippen LogP contribution in [0.1, 0.15) is 23.1 Å². The summed E-state index contributed by atoms with van der Waals surface area (Å²) in [6, 6.07) is 8.65. The summed E-state index contributed by atoms with van der Waals surface area (Å²) >= 11 is 2.29. The molecular formula is C17H20IN3O. The van der Waals surface area contributed by atoms with Crippen molar-refractivity contribution in [1.82, 2.24) is 14.5 Å². The van der Waals surface area contributed by atoms with Crippen LogP contribution >= 0.6 is 22.6 Å². The quantitative estimate of drug-likeness (QED) is 0.731. The summed E-state index contributed by atoms with van der Waals surface area (Å²) in [6.07, 6.45) is 3.14. The van der Waals surface area contributed by atoms with Crippen LogP contribution in [-0.4, -0.2) is 41.2 Å². The highest BCUT2D eigenvalue weighted by Gasteiger charge is 2.29. The van der Waals surface area contributed by atoms with Crippen molar-refractivity contribution in [3.63, 3.8) is 0 Å². The molecular weight excluding hydrogens is 389 g/mol. The summed E-state index contributed by atoms with van der Waals surface area (Å²) in [5.74, 6) is 1.71. The summed E-state index contributed by atoms with van der Waals surface area (Å²) in [5, 5.41) is 0. The number of benzene rings is 1. The summed E-state index contributed by atoms with van der Waals surface area (Å²) in [7, 11) is 2.16. The summed E-state index contributed by atoms with van der Waals surface area (Å²) in [5.41, 5.74) is 2.68. The van der Waals surface area contributed by atoms with E-state index in [-0.39, 0.29) is 6.10 Å². The van der Waals surface area contributed by atoms with Gasteiger partial charge in [-0.3, -0.25) is 0 Å². The van der Waals surface area contributed by atoms with E-state index in [4.69, 9.17) is 9.72 Å². The Hall–Kier alpha value is -0.920. The maximum absolute atomic E-state index is 6.37. The van der Waals surface area contributed by atoms with Gasteiger partial charge in [-0.15, -0.1) is 0 Å². The third-order valence-corrected chi connectivity index (χ3v) is 5.13. The van der Waals surface area contributed by atoms with E-state index in [2.05, 4.69) is 69.6 Å². The molecule has 0 saturated carbocycles. The number of hydrogen-bond donors (Lipinski definition) is 0. The van der Waals surface area contributed by atoms with E-state index in [1.54, 1.807) is 0 Å². The summed E-state index contributed by atoms with van der Waals surface area (Å²) < 4.78 is 9.68. The molecule has 0 amide bonds. The number of fused-ring (bicyclic) bond motifs is 2. The van der Waals surface area contributed by atoms with Gasteiger partial charge in [-0.25, -0.2) is 4.98 Å². The van der Waals surface area contributed by atoms with Gasteiger partial charge in [-0.05, 0) is 47.2 Å². The zero-order valence-electron chi connectivity index (χ0n) is 12.7. The van der Waals surface area contributed by atoms with Gasteiger partial charge in [-0.2, -0.15) is 0 Å². The van der Waals surface area contributed by atoms with Crippen molar-refractivity contribution in [2.24, 2.45) is 5.92 Å². The second-order valence-electron chi connectivity index (χ2n) is 6.36. The highest BCUT2D eigenvalue weighted by molar-refractivity contribution is 14.1. The zero-order valence-corrected chi connectivity index (χ0v) is 14.9. The van der Waals surface area contributed by atoms with Gasteiger partial charge in [0, 0.05) is 31.7 Å². The van der Waals surface area contributed by atoms with E-state index in [0.29, 0.717) is 5.92 Å². The molecule has 22 heavy (non-hydrogen) atoms. The predicted molar refractivity (Wildman–Crippen MR) is 93.9 cm³/mol. The average Bonchev–Trinajstić information content (AvgIpc) is 2.78. The number of halogens is 1. The third-order valence-electron chi connectivity index (χ3n) is 4.61. The maximum atomic E-state index is 6.37. The van der Waals surface area contributed by atoms with Gasteiger partial charge in [0.1, 0.15) is 15.6 Å². The summed E-state index contributed by atoms with van der Waals surface area (Å²) in [4.78, 5) is 7.07. The second-order valence-corrected chi connectivity index (χ2v) is 7.47. The molecule has 0 N–H and O–H groups in total. The summed E-state index contributed by atoms with van der Waals surface area (Å²) in [6.45, 7) is 4.07. The van der Waals surface area contributed by atoms with Crippen molar-refractivity contribution in [2.75, 3.05) is 26.7 Å². The molecule has 4 rings (SSSR count). The molecule has 0 radical (unpaired) electrons. The Kier molecular flexibility index (Phi) is 3.96. The fraction of sp³-hybridized carbons (Fsp3) is 0.471. The molecule has 1 unspecified atom stereocenters. The van der Waals surface area contributed by atoms with Crippen molar-refractivity contribution >= 4 is 22.6 Å². The molecule has 5 heteroatoms. The van der Waals surface area contributed by atoms with E-state index >= 15 is 0 Å². The Morgan fingerprint density at radius 3 is 2.95 bits per heavy atom. The van der Waals surface area contributed by atoms with Gasteiger partial charge in [0.15, 0.2) is 0 Å². The van der Waals surface area contributed by atoms with E-state index in [1.807, 2.05) is 0 Å². The number of likely N-dealkylation sites (tertiary alicyclic amines) is 1. The normalized spacial score (nSPS) is 21.8. The predicted octanol–water partition coefficient (Wildman–Crippen LogP) is 2.71. The largest absolute Gasteiger partial charge is 0.365 e. The van der Waals surface area contributed by atoms with Crippen molar-refractivity contribution < 1.29 is 4.74 Å². The first-order valence-corrected chi connectivity index (χ1v) is 8.89. The van der Waals surface area contributed by atoms with Crippen molar-refractivity contribution in [2.45, 2.75) is 19.1 Å². The van der Waals surface area contributed by atoms with Crippen LogP contribution in [-0.2, 0) is 17.7 Å². The highest BCUT2D eigenvalue weighted by Crippen LogP contribution is 2.33. The topological polar surface area (TPSA) is 30.3 Å². The van der Waals surface area contributed by atoms with Gasteiger partial charge >= 0.3 is 0 Å². The molecule has 1 saturated heterocycles. The number of hydrogen-bond acceptors (Lipinski definition) is 3. The van der Waals surface area contributed by atoms with E-state index in [9.17, 15) is 0 Å². The molecule has 0 bridgehead atoms. The molecule has 4 nitrogen and oxygen atoms in total. The van der Waals surface area contributed by atoms with Crippen LogP contribution in [0.25, 0.3) is 0 Å². The molecule has 1 aromatic heterocycles. The van der Waals surface area contributed by atoms with E-state index in [1.165, 1.54) is 11.1 Å². The standard InChI is InChI=1S/C17H20IN3O/c1-20-8-12(9-20)11-22-16-14-5-3-2-4-13(14)6-7-21-10-15(18)19-17(16)21/h2-5,10,12,16H,6-9,11H2,1H3. The SMILES string of the molecule is CN1CC(COC2c3ccccc3CCn3cc(I)nc32)C1. The molecule has 116 valence electrons. The minimum atomic E-state index is -0.0341. The number of aryl methyl sites for hydroxylation is 2. The van der Waals surface area contributed by atoms with E-state index in [0.717, 1.165) is 42.2 Å². The fourth-order valence-electron chi connectivity index (χ4n) is 3.51. The smallest absolute Gasteiger partial charge is 0.143 e. The second kappa shape index (κ2) is 5.94. The van der Waals surface area contributed by atoms with Crippen LogP contribution in [0.4, 0.5) is 0 Å². The van der Waals surface area contributed by atoms with Crippen LogP contribution in [0.5, 0.6) is 0 Å². The molecule has 2 aliphatic rings. The molecule has 2 aromatic rings. The molecule has 1 atom stereocenters. The third kappa shape index (κ3) is 2.70. The first-order chi connectivity index (χ1) is 10.7. The van der Waals surface area contributed by atoms with Gasteiger partial charge in [0.2, 0.25) is 0 Å². The molecule has 0 aliphatic carbocycles. The lowest BCUT2D eigenvalue weighted by Gasteiger charge is -2.36. The van der Waals surface area contributed by atoms with Crippen LogP contribution in [0, 0.1) is 9.62 Å². The first kappa shape index (κ1) is 14.7. The number of imidazole rings is 1. The Labute approximate surface area is 144 Å². The Morgan fingerprint density at radius 1 is 1.32 bits per heavy atom. The molecule has 0 spiro atoms. The number of aromatic nitrogens is 2. The van der Waals surface area contributed by atoms with Crippen molar-refractivity contribution in [3.8, 4) is 0 Å². The number of ether oxygens (including phenoxy) is 1. The molecule has 1 aromatic carbocycles. The monoisotopic (exact) mass is 409 g/mol. The lowest BCUT2D eigenvalue weighted by molar-refractivity contribution is -0.00337. The van der Waals surface area contributed by atoms with Crippen LogP contribution in [0.3, 0.4) is 0 Å². The zero-order chi connectivity index (χ0) is 15.1. The Balaban J connectivity index is 1.64. The fourth-order valence-corrected chi connectivity index (χ4v) is 4.10.